The van der Waals surface area contributed by atoms with Crippen molar-refractivity contribution in [1.29, 1.82) is 0 Å². The summed E-state index contributed by atoms with van der Waals surface area (Å²) in [6.45, 7) is 6.37. The Morgan fingerprint density at radius 2 is 1.79 bits per heavy atom. The zero-order valence-corrected chi connectivity index (χ0v) is 12.0. The topological polar surface area (TPSA) is 40.5 Å². The number of ketones is 1. The summed E-state index contributed by atoms with van der Waals surface area (Å²) < 4.78 is 12.9. The molecule has 0 radical (unpaired) electrons. The zero-order chi connectivity index (χ0) is 14.2. The van der Waals surface area contributed by atoms with Crippen LogP contribution in [0.3, 0.4) is 0 Å². The molecule has 0 aliphatic carbocycles. The Balaban J connectivity index is 3.03. The predicted molar refractivity (Wildman–Crippen MR) is 75.5 cm³/mol. The van der Waals surface area contributed by atoms with Crippen LogP contribution in [-0.4, -0.2) is 24.6 Å². The Morgan fingerprint density at radius 1 is 1.21 bits per heavy atom. The molecule has 2 rings (SSSR count). The molecule has 0 atom stereocenters. The van der Waals surface area contributed by atoms with Crippen LogP contribution in [-0.2, 0) is 6.54 Å². The summed E-state index contributed by atoms with van der Waals surface area (Å²) in [5.41, 5.74) is 2.59. The van der Waals surface area contributed by atoms with Gasteiger partial charge in [-0.05, 0) is 32.9 Å². The van der Waals surface area contributed by atoms with E-state index in [-0.39, 0.29) is 5.78 Å². The zero-order valence-electron chi connectivity index (χ0n) is 12.0. The van der Waals surface area contributed by atoms with E-state index in [9.17, 15) is 4.79 Å². The molecule has 0 fully saturated rings. The van der Waals surface area contributed by atoms with Crippen molar-refractivity contribution >= 4 is 16.7 Å². The number of fused-ring (bicyclic) bond motifs is 1. The Labute approximate surface area is 112 Å². The number of hydrogen-bond donors (Lipinski definition) is 0. The number of benzene rings is 1. The second-order valence-electron chi connectivity index (χ2n) is 4.45. The van der Waals surface area contributed by atoms with E-state index in [2.05, 4.69) is 11.5 Å². The smallest absolute Gasteiger partial charge is 0.162 e. The molecule has 102 valence electrons. The highest BCUT2D eigenvalue weighted by Gasteiger charge is 2.22. The molecule has 0 aliphatic heterocycles. The SMILES string of the molecule is CCn1c(C)c(C(C)=O)c2c(OC)ccc(OC)c21. The van der Waals surface area contributed by atoms with Crippen LogP contribution in [0.5, 0.6) is 11.5 Å². The van der Waals surface area contributed by atoms with Crippen molar-refractivity contribution in [2.45, 2.75) is 27.3 Å². The average molecular weight is 261 g/mol. The lowest BCUT2D eigenvalue weighted by molar-refractivity contribution is 0.101. The minimum Gasteiger partial charge on any atom is -0.496 e. The van der Waals surface area contributed by atoms with E-state index in [1.165, 1.54) is 0 Å². The standard InChI is InChI=1S/C15H19NO3/c1-6-16-9(2)13(10(3)17)14-11(18-4)7-8-12(19-5)15(14)16/h7-8H,6H2,1-5H3. The molecular formula is C15H19NO3. The predicted octanol–water partition coefficient (Wildman–Crippen LogP) is 3.19. The monoisotopic (exact) mass is 261 g/mol. The van der Waals surface area contributed by atoms with Gasteiger partial charge in [0.25, 0.3) is 0 Å². The summed E-state index contributed by atoms with van der Waals surface area (Å²) in [5.74, 6) is 1.51. The molecule has 4 heteroatoms. The lowest BCUT2D eigenvalue weighted by Gasteiger charge is -2.10. The Kier molecular flexibility index (Phi) is 3.51. The quantitative estimate of drug-likeness (QED) is 0.794. The maximum Gasteiger partial charge on any atom is 0.162 e. The first kappa shape index (κ1) is 13.5. The molecule has 0 aliphatic rings. The third-order valence-corrected chi connectivity index (χ3v) is 3.50. The molecule has 0 unspecified atom stereocenters. The Morgan fingerprint density at radius 3 is 2.26 bits per heavy atom. The molecule has 0 N–H and O–H groups in total. The van der Waals surface area contributed by atoms with Gasteiger partial charge in [0.15, 0.2) is 5.78 Å². The van der Waals surface area contributed by atoms with Crippen molar-refractivity contribution < 1.29 is 14.3 Å². The number of methoxy groups -OCH3 is 2. The number of ether oxygens (including phenoxy) is 2. The fourth-order valence-electron chi connectivity index (χ4n) is 2.71. The van der Waals surface area contributed by atoms with Crippen LogP contribution in [0.4, 0.5) is 0 Å². The first-order chi connectivity index (χ1) is 9.06. The van der Waals surface area contributed by atoms with Crippen LogP contribution in [0.1, 0.15) is 29.9 Å². The normalized spacial score (nSPS) is 10.8. The lowest BCUT2D eigenvalue weighted by Crippen LogP contribution is -2.00. The number of Topliss-reactive ketones (excluding diaryl/α,β-unsaturated/α-hetero) is 1. The Bertz CT molecular complexity index is 641. The first-order valence-corrected chi connectivity index (χ1v) is 6.31. The second kappa shape index (κ2) is 4.96. The fraction of sp³-hybridized carbons (Fsp3) is 0.400. The molecule has 1 aromatic carbocycles. The maximum atomic E-state index is 12.0. The van der Waals surface area contributed by atoms with Gasteiger partial charge in [0.2, 0.25) is 0 Å². The molecule has 19 heavy (non-hydrogen) atoms. The average Bonchev–Trinajstić information content (AvgIpc) is 2.70. The van der Waals surface area contributed by atoms with E-state index in [0.29, 0.717) is 11.3 Å². The highest BCUT2D eigenvalue weighted by atomic mass is 16.5. The number of nitrogens with zero attached hydrogens (tertiary/aromatic N) is 1. The van der Waals surface area contributed by atoms with Gasteiger partial charge < -0.3 is 14.0 Å². The van der Waals surface area contributed by atoms with E-state index >= 15 is 0 Å². The van der Waals surface area contributed by atoms with E-state index in [1.54, 1.807) is 21.1 Å². The van der Waals surface area contributed by atoms with Crippen molar-refractivity contribution in [1.82, 2.24) is 4.57 Å². The van der Waals surface area contributed by atoms with Gasteiger partial charge in [-0.15, -0.1) is 0 Å². The van der Waals surface area contributed by atoms with E-state index in [1.807, 2.05) is 19.1 Å². The molecule has 1 aromatic heterocycles. The van der Waals surface area contributed by atoms with Crippen LogP contribution >= 0.6 is 0 Å². The third kappa shape index (κ3) is 1.87. The van der Waals surface area contributed by atoms with Gasteiger partial charge in [0.1, 0.15) is 11.5 Å². The molecule has 0 saturated carbocycles. The van der Waals surface area contributed by atoms with Gasteiger partial charge in [0, 0.05) is 17.8 Å². The minimum absolute atomic E-state index is 0.0428. The molecule has 0 spiro atoms. The first-order valence-electron chi connectivity index (χ1n) is 6.31. The molecule has 1 heterocycles. The van der Waals surface area contributed by atoms with Gasteiger partial charge >= 0.3 is 0 Å². The number of hydrogen-bond acceptors (Lipinski definition) is 3. The maximum absolute atomic E-state index is 12.0. The summed E-state index contributed by atoms with van der Waals surface area (Å²) in [4.78, 5) is 12.0. The minimum atomic E-state index is 0.0428. The van der Waals surface area contributed by atoms with Crippen molar-refractivity contribution in [3.8, 4) is 11.5 Å². The number of carbonyl (C=O) groups is 1. The van der Waals surface area contributed by atoms with Crippen molar-refractivity contribution in [3.63, 3.8) is 0 Å². The van der Waals surface area contributed by atoms with Gasteiger partial charge in [-0.3, -0.25) is 4.79 Å². The fourth-order valence-corrected chi connectivity index (χ4v) is 2.71. The molecule has 0 saturated heterocycles. The number of aromatic nitrogens is 1. The van der Waals surface area contributed by atoms with Crippen LogP contribution in [0.2, 0.25) is 0 Å². The van der Waals surface area contributed by atoms with Crippen LogP contribution in [0.25, 0.3) is 10.9 Å². The van der Waals surface area contributed by atoms with Crippen molar-refractivity contribution in [2.24, 2.45) is 0 Å². The summed E-state index contributed by atoms with van der Waals surface area (Å²) in [6, 6.07) is 3.71. The highest BCUT2D eigenvalue weighted by Crippen LogP contribution is 2.39. The van der Waals surface area contributed by atoms with Gasteiger partial charge in [-0.2, -0.15) is 0 Å². The number of carbonyl (C=O) groups excluding carboxylic acids is 1. The Hall–Kier alpha value is -1.97. The summed E-state index contributed by atoms with van der Waals surface area (Å²) in [5, 5.41) is 0.841. The number of aryl methyl sites for hydroxylation is 1. The highest BCUT2D eigenvalue weighted by molar-refractivity contribution is 6.12. The van der Waals surface area contributed by atoms with Crippen LogP contribution in [0, 0.1) is 6.92 Å². The summed E-state index contributed by atoms with van der Waals surface area (Å²) in [7, 11) is 3.25. The summed E-state index contributed by atoms with van der Waals surface area (Å²) in [6.07, 6.45) is 0. The third-order valence-electron chi connectivity index (χ3n) is 3.50. The van der Waals surface area contributed by atoms with Gasteiger partial charge in [-0.25, -0.2) is 0 Å². The largest absolute Gasteiger partial charge is 0.496 e. The van der Waals surface area contributed by atoms with Crippen LogP contribution in [0.15, 0.2) is 12.1 Å². The van der Waals surface area contributed by atoms with Crippen LogP contribution < -0.4 is 9.47 Å². The number of rotatable bonds is 4. The summed E-state index contributed by atoms with van der Waals surface area (Å²) >= 11 is 0. The molecular weight excluding hydrogens is 242 g/mol. The molecule has 0 bridgehead atoms. The molecule has 4 nitrogen and oxygen atoms in total. The lowest BCUT2D eigenvalue weighted by atomic mass is 10.1. The molecule has 0 amide bonds. The van der Waals surface area contributed by atoms with E-state index in [0.717, 1.165) is 28.9 Å². The van der Waals surface area contributed by atoms with Crippen molar-refractivity contribution in [3.05, 3.63) is 23.4 Å². The van der Waals surface area contributed by atoms with E-state index in [4.69, 9.17) is 9.47 Å². The van der Waals surface area contributed by atoms with E-state index < -0.39 is 0 Å². The second-order valence-corrected chi connectivity index (χ2v) is 4.45. The van der Waals surface area contributed by atoms with Crippen molar-refractivity contribution in [2.75, 3.05) is 14.2 Å². The van der Waals surface area contributed by atoms with Gasteiger partial charge in [-0.1, -0.05) is 0 Å². The van der Waals surface area contributed by atoms with Gasteiger partial charge in [0.05, 0.1) is 25.1 Å². The molecule has 2 aromatic rings.